The third kappa shape index (κ3) is 2.43. The minimum absolute atomic E-state index is 0.0363. The van der Waals surface area contributed by atoms with Crippen LogP contribution in [0.15, 0.2) is 12.1 Å². The molecule has 1 aromatic carbocycles. The number of carbonyl (C=O) groups is 1. The van der Waals surface area contributed by atoms with Gasteiger partial charge >= 0.3 is 0 Å². The van der Waals surface area contributed by atoms with Crippen molar-refractivity contribution in [3.63, 3.8) is 0 Å². The van der Waals surface area contributed by atoms with Crippen molar-refractivity contribution in [2.75, 3.05) is 5.43 Å². The summed E-state index contributed by atoms with van der Waals surface area (Å²) in [6, 6.07) is 2.06. The number of nitrogens with one attached hydrogen (secondary N) is 2. The van der Waals surface area contributed by atoms with Gasteiger partial charge < -0.3 is 10.7 Å². The van der Waals surface area contributed by atoms with Gasteiger partial charge in [0.1, 0.15) is 5.69 Å². The Hall–Kier alpha value is -1.69. The Morgan fingerprint density at radius 1 is 1.44 bits per heavy atom. The van der Waals surface area contributed by atoms with Crippen LogP contribution >= 0.6 is 0 Å². The van der Waals surface area contributed by atoms with E-state index in [0.29, 0.717) is 5.92 Å². The van der Waals surface area contributed by atoms with E-state index in [1.165, 1.54) is 0 Å². The largest absolute Gasteiger partial charge is 0.349 e. The molecular weight excluding hydrogens is 240 g/mol. The number of anilines is 1. The molecule has 0 radical (unpaired) electrons. The van der Waals surface area contributed by atoms with Gasteiger partial charge in [0.25, 0.3) is 5.91 Å². The molecule has 2 rings (SSSR count). The van der Waals surface area contributed by atoms with Crippen LogP contribution in [0.25, 0.3) is 0 Å². The average Bonchev–Trinajstić information content (AvgIpc) is 3.07. The van der Waals surface area contributed by atoms with Crippen LogP contribution in [0.5, 0.6) is 0 Å². The summed E-state index contributed by atoms with van der Waals surface area (Å²) in [5, 5.41) is 2.74. The number of hydrogen-bond donors (Lipinski definition) is 3. The number of hydrazine groups is 1. The maximum absolute atomic E-state index is 13.4. The highest BCUT2D eigenvalue weighted by Crippen LogP contribution is 2.33. The summed E-state index contributed by atoms with van der Waals surface area (Å²) in [6.45, 7) is 2.04. The summed E-state index contributed by atoms with van der Waals surface area (Å²) < 4.78 is 26.8. The van der Waals surface area contributed by atoms with Crippen molar-refractivity contribution in [1.82, 2.24) is 5.32 Å². The molecule has 6 heteroatoms. The van der Waals surface area contributed by atoms with Gasteiger partial charge in [-0.05, 0) is 24.5 Å². The number of benzene rings is 1. The first kappa shape index (κ1) is 12.8. The molecule has 0 spiro atoms. The molecular formula is C12H15F2N3O. The second-order valence-corrected chi connectivity index (χ2v) is 4.44. The molecule has 1 aromatic rings. The highest BCUT2D eigenvalue weighted by Gasteiger charge is 2.36. The van der Waals surface area contributed by atoms with E-state index in [1.54, 1.807) is 0 Å². The minimum Gasteiger partial charge on any atom is -0.349 e. The summed E-state index contributed by atoms with van der Waals surface area (Å²) in [6.07, 6.45) is 1.92. The fourth-order valence-electron chi connectivity index (χ4n) is 1.97. The standard InChI is InChI=1S/C12H15F2N3O/c1-2-6-5-10(6)16-12(18)7-3-8(13)11(17-15)9(14)4-7/h3-4,6,10,17H,2,5,15H2,1H3,(H,16,18). The van der Waals surface area contributed by atoms with Gasteiger partial charge in [-0.3, -0.25) is 10.6 Å². The van der Waals surface area contributed by atoms with Crippen LogP contribution in [0.1, 0.15) is 30.1 Å². The van der Waals surface area contributed by atoms with E-state index >= 15 is 0 Å². The molecule has 18 heavy (non-hydrogen) atoms. The van der Waals surface area contributed by atoms with Crippen LogP contribution in [0.3, 0.4) is 0 Å². The minimum atomic E-state index is -0.884. The summed E-state index contributed by atoms with van der Waals surface area (Å²) >= 11 is 0. The fourth-order valence-corrected chi connectivity index (χ4v) is 1.97. The summed E-state index contributed by atoms with van der Waals surface area (Å²) in [5.74, 6) is 3.23. The fraction of sp³-hybridized carbons (Fsp3) is 0.417. The molecule has 0 saturated heterocycles. The Bertz CT molecular complexity index is 455. The number of rotatable bonds is 4. The van der Waals surface area contributed by atoms with Gasteiger partial charge in [-0.25, -0.2) is 8.78 Å². The van der Waals surface area contributed by atoms with Crippen LogP contribution in [0, 0.1) is 17.6 Å². The number of halogens is 2. The normalized spacial score (nSPS) is 21.6. The highest BCUT2D eigenvalue weighted by molar-refractivity contribution is 5.95. The quantitative estimate of drug-likeness (QED) is 0.567. The monoisotopic (exact) mass is 255 g/mol. The zero-order chi connectivity index (χ0) is 13.3. The van der Waals surface area contributed by atoms with E-state index in [-0.39, 0.29) is 11.6 Å². The van der Waals surface area contributed by atoms with Crippen LogP contribution < -0.4 is 16.6 Å². The maximum Gasteiger partial charge on any atom is 0.251 e. The Labute approximate surface area is 104 Å². The first-order valence-corrected chi connectivity index (χ1v) is 5.83. The third-order valence-electron chi connectivity index (χ3n) is 3.21. The molecule has 4 N–H and O–H groups in total. The number of hydrogen-bond acceptors (Lipinski definition) is 3. The molecule has 1 amide bonds. The van der Waals surface area contributed by atoms with E-state index in [1.807, 2.05) is 12.3 Å². The third-order valence-corrected chi connectivity index (χ3v) is 3.21. The predicted octanol–water partition coefficient (Wildman–Crippen LogP) is 1.78. The van der Waals surface area contributed by atoms with Crippen LogP contribution in [-0.4, -0.2) is 11.9 Å². The van der Waals surface area contributed by atoms with Crippen molar-refractivity contribution in [2.45, 2.75) is 25.8 Å². The van der Waals surface area contributed by atoms with E-state index < -0.39 is 23.2 Å². The van der Waals surface area contributed by atoms with Crippen molar-refractivity contribution >= 4 is 11.6 Å². The number of carbonyl (C=O) groups excluding carboxylic acids is 1. The lowest BCUT2D eigenvalue weighted by Crippen LogP contribution is -2.27. The molecule has 1 aliphatic carbocycles. The van der Waals surface area contributed by atoms with Crippen LogP contribution in [-0.2, 0) is 0 Å². The highest BCUT2D eigenvalue weighted by atomic mass is 19.1. The lowest BCUT2D eigenvalue weighted by atomic mass is 10.1. The van der Waals surface area contributed by atoms with Crippen molar-refractivity contribution in [3.8, 4) is 0 Å². The first-order chi connectivity index (χ1) is 8.56. The Kier molecular flexibility index (Phi) is 3.47. The number of nitrogens with two attached hydrogens (primary N) is 1. The van der Waals surface area contributed by atoms with Gasteiger partial charge in [0.15, 0.2) is 11.6 Å². The van der Waals surface area contributed by atoms with E-state index in [2.05, 4.69) is 5.32 Å². The number of nitrogen functional groups attached to an aromatic ring is 1. The summed E-state index contributed by atoms with van der Waals surface area (Å²) in [5.41, 5.74) is 1.44. The smallest absolute Gasteiger partial charge is 0.251 e. The molecule has 98 valence electrons. The summed E-state index contributed by atoms with van der Waals surface area (Å²) in [7, 11) is 0. The van der Waals surface area contributed by atoms with Gasteiger partial charge in [0.05, 0.1) is 0 Å². The van der Waals surface area contributed by atoms with Gasteiger partial charge in [-0.15, -0.1) is 0 Å². The van der Waals surface area contributed by atoms with Gasteiger partial charge in [-0.2, -0.15) is 0 Å². The SMILES string of the molecule is CCC1CC1NC(=O)c1cc(F)c(NN)c(F)c1. The zero-order valence-corrected chi connectivity index (χ0v) is 9.97. The zero-order valence-electron chi connectivity index (χ0n) is 9.97. The maximum atomic E-state index is 13.4. The Balaban J connectivity index is 2.11. The van der Waals surface area contributed by atoms with E-state index in [9.17, 15) is 13.6 Å². The molecule has 1 aliphatic rings. The molecule has 1 saturated carbocycles. The molecule has 1 fully saturated rings. The van der Waals surface area contributed by atoms with Crippen molar-refractivity contribution in [1.29, 1.82) is 0 Å². The van der Waals surface area contributed by atoms with Crippen LogP contribution in [0.4, 0.5) is 14.5 Å². The van der Waals surface area contributed by atoms with Gasteiger partial charge in [-0.1, -0.05) is 13.3 Å². The molecule has 0 aliphatic heterocycles. The molecule has 2 atom stereocenters. The van der Waals surface area contributed by atoms with E-state index in [0.717, 1.165) is 25.0 Å². The van der Waals surface area contributed by atoms with E-state index in [4.69, 9.17) is 5.84 Å². The molecule has 0 heterocycles. The summed E-state index contributed by atoms with van der Waals surface area (Å²) in [4.78, 5) is 11.8. The van der Waals surface area contributed by atoms with Gasteiger partial charge in [0.2, 0.25) is 0 Å². The molecule has 0 aromatic heterocycles. The average molecular weight is 255 g/mol. The second kappa shape index (κ2) is 4.89. The van der Waals surface area contributed by atoms with Gasteiger partial charge in [0, 0.05) is 11.6 Å². The van der Waals surface area contributed by atoms with Crippen molar-refractivity contribution in [2.24, 2.45) is 11.8 Å². The van der Waals surface area contributed by atoms with Crippen molar-refractivity contribution < 1.29 is 13.6 Å². The number of amides is 1. The first-order valence-electron chi connectivity index (χ1n) is 5.83. The topological polar surface area (TPSA) is 67.2 Å². The molecule has 4 nitrogen and oxygen atoms in total. The molecule has 0 bridgehead atoms. The van der Waals surface area contributed by atoms with Crippen LogP contribution in [0.2, 0.25) is 0 Å². The second-order valence-electron chi connectivity index (χ2n) is 4.44. The Morgan fingerprint density at radius 3 is 2.50 bits per heavy atom. The Morgan fingerprint density at radius 2 is 2.06 bits per heavy atom. The lowest BCUT2D eigenvalue weighted by Gasteiger charge is -2.08. The van der Waals surface area contributed by atoms with Crippen molar-refractivity contribution in [3.05, 3.63) is 29.3 Å². The lowest BCUT2D eigenvalue weighted by molar-refractivity contribution is 0.0948. The molecule has 2 unspecified atom stereocenters. The predicted molar refractivity (Wildman–Crippen MR) is 63.8 cm³/mol.